The number of hydrogen-bond acceptors (Lipinski definition) is 5. The number of aliphatic hydroxyl groups is 1. The molecule has 3 atom stereocenters. The number of nitrogens with one attached hydrogen (secondary N) is 3. The Balaban J connectivity index is 2.67. The van der Waals surface area contributed by atoms with Crippen LogP contribution in [0.25, 0.3) is 0 Å². The fourth-order valence-electron chi connectivity index (χ4n) is 2.97. The molecule has 31 heavy (non-hydrogen) atoms. The molecule has 0 bridgehead atoms. The summed E-state index contributed by atoms with van der Waals surface area (Å²) in [6.07, 6.45) is 0.425. The first-order valence-electron chi connectivity index (χ1n) is 11.0. The number of ether oxygens (including phenoxy) is 1. The van der Waals surface area contributed by atoms with Gasteiger partial charge in [-0.25, -0.2) is 4.79 Å². The van der Waals surface area contributed by atoms with Gasteiger partial charge >= 0.3 is 6.09 Å². The number of amides is 3. The van der Waals surface area contributed by atoms with Gasteiger partial charge in [0.15, 0.2) is 6.10 Å². The molecule has 4 N–H and O–H groups in total. The van der Waals surface area contributed by atoms with Crippen molar-refractivity contribution in [2.24, 2.45) is 5.92 Å². The predicted molar refractivity (Wildman–Crippen MR) is 119 cm³/mol. The minimum atomic E-state index is -1.37. The van der Waals surface area contributed by atoms with E-state index in [9.17, 15) is 19.5 Å². The fraction of sp³-hybridized carbons (Fsp3) is 0.609. The normalized spacial score (nSPS) is 13.7. The summed E-state index contributed by atoms with van der Waals surface area (Å²) in [5.41, 5.74) is 0.839. The van der Waals surface area contributed by atoms with Crippen molar-refractivity contribution in [3.05, 3.63) is 35.9 Å². The van der Waals surface area contributed by atoms with Crippen LogP contribution in [0.15, 0.2) is 30.3 Å². The number of carbonyl (C=O) groups excluding carboxylic acids is 3. The van der Waals surface area contributed by atoms with Gasteiger partial charge in [-0.3, -0.25) is 9.59 Å². The summed E-state index contributed by atoms with van der Waals surface area (Å²) in [7, 11) is 0. The van der Waals surface area contributed by atoms with Crippen LogP contribution in [-0.4, -0.2) is 47.7 Å². The maximum absolute atomic E-state index is 12.8. The van der Waals surface area contributed by atoms with Crippen molar-refractivity contribution in [2.75, 3.05) is 6.54 Å². The van der Waals surface area contributed by atoms with Crippen molar-refractivity contribution >= 4 is 17.9 Å². The monoisotopic (exact) mass is 435 g/mol. The van der Waals surface area contributed by atoms with Crippen LogP contribution >= 0.6 is 0 Å². The van der Waals surface area contributed by atoms with Gasteiger partial charge in [0, 0.05) is 6.54 Å². The van der Waals surface area contributed by atoms with E-state index in [-0.39, 0.29) is 12.5 Å². The zero-order valence-corrected chi connectivity index (χ0v) is 19.0. The van der Waals surface area contributed by atoms with Crippen LogP contribution < -0.4 is 16.0 Å². The molecule has 0 fully saturated rings. The maximum atomic E-state index is 12.8. The van der Waals surface area contributed by atoms with Crippen LogP contribution in [-0.2, 0) is 20.9 Å². The van der Waals surface area contributed by atoms with Gasteiger partial charge in [0.25, 0.3) is 5.91 Å². The van der Waals surface area contributed by atoms with E-state index >= 15 is 0 Å². The van der Waals surface area contributed by atoms with Crippen molar-refractivity contribution < 1.29 is 24.2 Å². The highest BCUT2D eigenvalue weighted by Crippen LogP contribution is 2.08. The van der Waals surface area contributed by atoms with Gasteiger partial charge < -0.3 is 25.8 Å². The lowest BCUT2D eigenvalue weighted by molar-refractivity contribution is -0.132. The Labute approximate surface area is 185 Å². The third-order valence-electron chi connectivity index (χ3n) is 4.78. The van der Waals surface area contributed by atoms with Crippen LogP contribution in [0.5, 0.6) is 0 Å². The molecule has 0 aliphatic carbocycles. The number of aliphatic hydroxyl groups excluding tert-OH is 1. The van der Waals surface area contributed by atoms with Crippen LogP contribution in [0.3, 0.4) is 0 Å². The van der Waals surface area contributed by atoms with Crippen molar-refractivity contribution in [1.29, 1.82) is 0 Å². The van der Waals surface area contributed by atoms with Crippen molar-refractivity contribution in [1.82, 2.24) is 16.0 Å². The van der Waals surface area contributed by atoms with Gasteiger partial charge in [-0.2, -0.15) is 0 Å². The summed E-state index contributed by atoms with van der Waals surface area (Å²) in [4.78, 5) is 37.2. The molecule has 0 aliphatic heterocycles. The molecular formula is C23H37N3O5. The second-order valence-corrected chi connectivity index (χ2v) is 8.00. The second kappa shape index (κ2) is 14.4. The molecule has 0 saturated carbocycles. The van der Waals surface area contributed by atoms with E-state index in [1.807, 2.05) is 51.1 Å². The fourth-order valence-corrected chi connectivity index (χ4v) is 2.97. The zero-order valence-electron chi connectivity index (χ0n) is 19.0. The zero-order chi connectivity index (χ0) is 23.2. The first-order chi connectivity index (χ1) is 14.8. The molecule has 0 saturated heterocycles. The second-order valence-electron chi connectivity index (χ2n) is 8.00. The third kappa shape index (κ3) is 10.3. The summed E-state index contributed by atoms with van der Waals surface area (Å²) in [5, 5.41) is 18.3. The Morgan fingerprint density at radius 3 is 2.29 bits per heavy atom. The van der Waals surface area contributed by atoms with Gasteiger partial charge in [0.1, 0.15) is 12.6 Å². The average molecular weight is 436 g/mol. The average Bonchev–Trinajstić information content (AvgIpc) is 2.75. The van der Waals surface area contributed by atoms with E-state index in [0.29, 0.717) is 19.4 Å². The minimum Gasteiger partial charge on any atom is -0.445 e. The van der Waals surface area contributed by atoms with Crippen molar-refractivity contribution in [3.63, 3.8) is 0 Å². The predicted octanol–water partition coefficient (Wildman–Crippen LogP) is 2.50. The molecular weight excluding hydrogens is 398 g/mol. The van der Waals surface area contributed by atoms with E-state index < -0.39 is 36.1 Å². The molecule has 3 amide bonds. The number of carbonyl (C=O) groups is 3. The molecule has 8 nitrogen and oxygen atoms in total. The molecule has 0 aromatic heterocycles. The summed E-state index contributed by atoms with van der Waals surface area (Å²) in [5.74, 6) is -0.846. The lowest BCUT2D eigenvalue weighted by Gasteiger charge is -2.26. The number of unbranched alkanes of at least 4 members (excludes halogenated alkanes) is 1. The summed E-state index contributed by atoms with van der Waals surface area (Å²) >= 11 is 0. The molecule has 8 heteroatoms. The minimum absolute atomic E-state index is 0.0942. The number of alkyl carbamates (subject to hydrolysis) is 1. The quantitative estimate of drug-likeness (QED) is 0.355. The summed E-state index contributed by atoms with van der Waals surface area (Å²) in [6.45, 7) is 8.21. The van der Waals surface area contributed by atoms with Gasteiger partial charge in [-0.05, 0) is 30.7 Å². The molecule has 0 radical (unpaired) electrons. The molecule has 174 valence electrons. The molecule has 1 aromatic rings. The van der Waals surface area contributed by atoms with Crippen LogP contribution in [0.4, 0.5) is 4.79 Å². The Kier molecular flexibility index (Phi) is 12.3. The van der Waals surface area contributed by atoms with E-state index in [0.717, 1.165) is 18.4 Å². The van der Waals surface area contributed by atoms with Gasteiger partial charge in [-0.15, -0.1) is 0 Å². The number of hydrogen-bond donors (Lipinski definition) is 4. The maximum Gasteiger partial charge on any atom is 0.408 e. The van der Waals surface area contributed by atoms with E-state index in [1.165, 1.54) is 0 Å². The van der Waals surface area contributed by atoms with Crippen LogP contribution in [0.1, 0.15) is 58.9 Å². The topological polar surface area (TPSA) is 117 Å². The van der Waals surface area contributed by atoms with Gasteiger partial charge in [-0.1, -0.05) is 64.4 Å². The first kappa shape index (κ1) is 26.4. The number of rotatable bonds is 13. The lowest BCUT2D eigenvalue weighted by atomic mass is 10.0. The van der Waals surface area contributed by atoms with Crippen molar-refractivity contribution in [3.8, 4) is 0 Å². The third-order valence-corrected chi connectivity index (χ3v) is 4.78. The SMILES string of the molecule is CCCCNC(=O)C(O)[C@H](CC)NC(=O)[C@H](CC(C)C)NC(=O)OCc1ccccc1. The highest BCUT2D eigenvalue weighted by Gasteiger charge is 2.30. The Bertz CT molecular complexity index is 681. The lowest BCUT2D eigenvalue weighted by Crippen LogP contribution is -2.55. The van der Waals surface area contributed by atoms with E-state index in [2.05, 4.69) is 16.0 Å². The van der Waals surface area contributed by atoms with Crippen molar-refractivity contribution in [2.45, 2.75) is 78.2 Å². The standard InChI is InChI=1S/C23H37N3O5/c1-5-7-13-24-22(29)20(27)18(6-2)25-21(28)19(14-16(3)4)26-23(30)31-15-17-11-9-8-10-12-17/h8-12,16,18-20,27H,5-7,13-15H2,1-4H3,(H,24,29)(H,25,28)(H,26,30)/t18-,19-,20?/m0/s1. The summed E-state index contributed by atoms with van der Waals surface area (Å²) in [6, 6.07) is 7.64. The van der Waals surface area contributed by atoms with Gasteiger partial charge in [0.05, 0.1) is 6.04 Å². The molecule has 0 spiro atoms. The largest absolute Gasteiger partial charge is 0.445 e. The molecule has 1 aromatic carbocycles. The smallest absolute Gasteiger partial charge is 0.408 e. The highest BCUT2D eigenvalue weighted by atomic mass is 16.5. The summed E-state index contributed by atoms with van der Waals surface area (Å²) < 4.78 is 5.22. The Morgan fingerprint density at radius 2 is 1.71 bits per heavy atom. The van der Waals surface area contributed by atoms with Crippen LogP contribution in [0.2, 0.25) is 0 Å². The Morgan fingerprint density at radius 1 is 1.03 bits per heavy atom. The number of benzene rings is 1. The molecule has 0 heterocycles. The van der Waals surface area contributed by atoms with Gasteiger partial charge in [0.2, 0.25) is 5.91 Å². The highest BCUT2D eigenvalue weighted by molar-refractivity contribution is 5.87. The molecule has 0 aliphatic rings. The molecule has 1 rings (SSSR count). The molecule has 1 unspecified atom stereocenters. The van der Waals surface area contributed by atoms with Crippen LogP contribution in [0, 0.1) is 5.92 Å². The van der Waals surface area contributed by atoms with E-state index in [4.69, 9.17) is 4.74 Å². The first-order valence-corrected chi connectivity index (χ1v) is 11.0. The van der Waals surface area contributed by atoms with E-state index in [1.54, 1.807) is 6.92 Å². The Hall–Kier alpha value is -2.61.